The Morgan fingerprint density at radius 2 is 1.81 bits per heavy atom. The second-order valence-electron chi connectivity index (χ2n) is 8.13. The van der Waals surface area contributed by atoms with E-state index in [4.69, 9.17) is 16.3 Å². The van der Waals surface area contributed by atoms with Gasteiger partial charge in [-0.1, -0.05) is 54.8 Å². The maximum Gasteiger partial charge on any atom is 0.242 e. The molecule has 0 unspecified atom stereocenters. The quantitative estimate of drug-likeness (QED) is 0.609. The van der Waals surface area contributed by atoms with Crippen molar-refractivity contribution in [3.05, 3.63) is 64.7 Å². The minimum Gasteiger partial charge on any atom is -0.497 e. The van der Waals surface area contributed by atoms with E-state index in [2.05, 4.69) is 5.32 Å². The van der Waals surface area contributed by atoms with Crippen molar-refractivity contribution in [2.75, 3.05) is 7.11 Å². The molecule has 2 amide bonds. The van der Waals surface area contributed by atoms with Crippen LogP contribution in [0.4, 0.5) is 0 Å². The van der Waals surface area contributed by atoms with Crippen molar-refractivity contribution in [2.45, 2.75) is 64.1 Å². The topological polar surface area (TPSA) is 58.6 Å². The summed E-state index contributed by atoms with van der Waals surface area (Å²) in [5.41, 5.74) is 1.89. The molecule has 1 atom stereocenters. The Morgan fingerprint density at radius 3 is 2.45 bits per heavy atom. The average molecular weight is 443 g/mol. The van der Waals surface area contributed by atoms with Gasteiger partial charge in [0, 0.05) is 24.0 Å². The number of carbonyl (C=O) groups is 2. The third-order valence-electron chi connectivity index (χ3n) is 5.95. The number of hydrogen-bond acceptors (Lipinski definition) is 3. The van der Waals surface area contributed by atoms with Gasteiger partial charge in [-0.25, -0.2) is 0 Å². The normalized spacial score (nSPS) is 14.8. The summed E-state index contributed by atoms with van der Waals surface area (Å²) in [5, 5.41) is 3.78. The van der Waals surface area contributed by atoms with Crippen LogP contribution in [0.15, 0.2) is 48.5 Å². The number of carbonyl (C=O) groups excluding carboxylic acids is 2. The monoisotopic (exact) mass is 442 g/mol. The number of amides is 2. The Kier molecular flexibility index (Phi) is 8.35. The van der Waals surface area contributed by atoms with E-state index >= 15 is 0 Å². The summed E-state index contributed by atoms with van der Waals surface area (Å²) in [6.07, 6.45) is 5.14. The standard InChI is InChI=1S/C25H31ClN2O3/c1-18(25(30)27-21-8-4-5-9-21)28(17-19-11-14-22(31-2)15-12-19)24(29)16-13-20-7-3-6-10-23(20)26/h3,6-7,10-12,14-15,18,21H,4-5,8-9,13,16-17H2,1-2H3,(H,27,30)/t18-/m1/s1. The summed E-state index contributed by atoms with van der Waals surface area (Å²) in [4.78, 5) is 27.8. The van der Waals surface area contributed by atoms with Crippen LogP contribution in [0.1, 0.15) is 50.2 Å². The first kappa shape index (κ1) is 23.1. The van der Waals surface area contributed by atoms with Crippen LogP contribution in [0.3, 0.4) is 0 Å². The lowest BCUT2D eigenvalue weighted by atomic mass is 10.1. The molecule has 0 aliphatic heterocycles. The molecule has 0 heterocycles. The Morgan fingerprint density at radius 1 is 1.13 bits per heavy atom. The van der Waals surface area contributed by atoms with Gasteiger partial charge in [0.1, 0.15) is 11.8 Å². The highest BCUT2D eigenvalue weighted by molar-refractivity contribution is 6.31. The number of nitrogens with zero attached hydrogens (tertiary/aromatic N) is 1. The molecule has 0 radical (unpaired) electrons. The molecule has 5 nitrogen and oxygen atoms in total. The minimum absolute atomic E-state index is 0.0650. The summed E-state index contributed by atoms with van der Waals surface area (Å²) >= 11 is 6.25. The van der Waals surface area contributed by atoms with Crippen molar-refractivity contribution >= 4 is 23.4 Å². The first-order chi connectivity index (χ1) is 15.0. The molecule has 0 aromatic heterocycles. The number of methoxy groups -OCH3 is 1. The Balaban J connectivity index is 1.72. The molecule has 31 heavy (non-hydrogen) atoms. The van der Waals surface area contributed by atoms with Crippen LogP contribution in [-0.2, 0) is 22.6 Å². The highest BCUT2D eigenvalue weighted by atomic mass is 35.5. The fraction of sp³-hybridized carbons (Fsp3) is 0.440. The number of benzene rings is 2. The maximum absolute atomic E-state index is 13.2. The predicted molar refractivity (Wildman–Crippen MR) is 123 cm³/mol. The maximum atomic E-state index is 13.2. The molecule has 0 saturated heterocycles. The third-order valence-corrected chi connectivity index (χ3v) is 6.32. The highest BCUT2D eigenvalue weighted by Gasteiger charge is 2.28. The number of ether oxygens (including phenoxy) is 1. The van der Waals surface area contributed by atoms with Gasteiger partial charge in [-0.3, -0.25) is 9.59 Å². The average Bonchev–Trinajstić information content (AvgIpc) is 3.29. The lowest BCUT2D eigenvalue weighted by Gasteiger charge is -2.30. The van der Waals surface area contributed by atoms with Crippen molar-refractivity contribution in [3.63, 3.8) is 0 Å². The largest absolute Gasteiger partial charge is 0.497 e. The highest BCUT2D eigenvalue weighted by Crippen LogP contribution is 2.21. The zero-order valence-electron chi connectivity index (χ0n) is 18.3. The fourth-order valence-corrected chi connectivity index (χ4v) is 4.22. The molecule has 166 valence electrons. The molecule has 2 aromatic rings. The molecular formula is C25H31ClN2O3. The molecule has 0 bridgehead atoms. The van der Waals surface area contributed by atoms with Gasteiger partial charge in [0.2, 0.25) is 11.8 Å². The van der Waals surface area contributed by atoms with Gasteiger partial charge >= 0.3 is 0 Å². The molecule has 1 aliphatic carbocycles. The third kappa shape index (κ3) is 6.47. The van der Waals surface area contributed by atoms with Crippen molar-refractivity contribution < 1.29 is 14.3 Å². The lowest BCUT2D eigenvalue weighted by Crippen LogP contribution is -2.49. The van der Waals surface area contributed by atoms with E-state index in [1.165, 1.54) is 0 Å². The zero-order valence-corrected chi connectivity index (χ0v) is 19.0. The number of aryl methyl sites for hydroxylation is 1. The van der Waals surface area contributed by atoms with Gasteiger partial charge in [0.25, 0.3) is 0 Å². The first-order valence-electron chi connectivity index (χ1n) is 10.9. The van der Waals surface area contributed by atoms with Crippen LogP contribution in [0, 0.1) is 0 Å². The number of halogens is 1. The fourth-order valence-electron chi connectivity index (χ4n) is 3.99. The second kappa shape index (κ2) is 11.2. The molecule has 6 heteroatoms. The molecule has 1 fully saturated rings. The van der Waals surface area contributed by atoms with Gasteiger partial charge < -0.3 is 15.0 Å². The SMILES string of the molecule is COc1ccc(CN(C(=O)CCc2ccccc2Cl)[C@H](C)C(=O)NC2CCCC2)cc1. The Hall–Kier alpha value is -2.53. The van der Waals surface area contributed by atoms with Crippen LogP contribution < -0.4 is 10.1 Å². The van der Waals surface area contributed by atoms with E-state index < -0.39 is 6.04 Å². The molecule has 0 spiro atoms. The van der Waals surface area contributed by atoms with Crippen molar-refractivity contribution in [3.8, 4) is 5.75 Å². The molecule has 2 aromatic carbocycles. The van der Waals surface area contributed by atoms with Crippen molar-refractivity contribution in [2.24, 2.45) is 0 Å². The predicted octanol–water partition coefficient (Wildman–Crippen LogP) is 4.76. The van der Waals surface area contributed by atoms with Gasteiger partial charge in [0.15, 0.2) is 0 Å². The van der Waals surface area contributed by atoms with Gasteiger partial charge in [0.05, 0.1) is 7.11 Å². The summed E-state index contributed by atoms with van der Waals surface area (Å²) in [7, 11) is 1.62. The molecule has 1 N–H and O–H groups in total. The number of hydrogen-bond donors (Lipinski definition) is 1. The van der Waals surface area contributed by atoms with Gasteiger partial charge in [-0.15, -0.1) is 0 Å². The van der Waals surface area contributed by atoms with Crippen molar-refractivity contribution in [1.82, 2.24) is 10.2 Å². The molecule has 1 aliphatic rings. The van der Waals surface area contributed by atoms with Crippen molar-refractivity contribution in [1.29, 1.82) is 0 Å². The summed E-state index contributed by atoms with van der Waals surface area (Å²) < 4.78 is 5.22. The smallest absolute Gasteiger partial charge is 0.242 e. The molecule has 1 saturated carbocycles. The second-order valence-corrected chi connectivity index (χ2v) is 8.53. The zero-order chi connectivity index (χ0) is 22.2. The van der Waals surface area contributed by atoms with Gasteiger partial charge in [-0.2, -0.15) is 0 Å². The Labute approximate surface area is 189 Å². The summed E-state index contributed by atoms with van der Waals surface area (Å²) in [6.45, 7) is 2.17. The molecule has 3 rings (SSSR count). The number of rotatable bonds is 9. The van der Waals surface area contributed by atoms with Crippen LogP contribution in [-0.4, -0.2) is 35.9 Å². The van der Waals surface area contributed by atoms with E-state index in [9.17, 15) is 9.59 Å². The Bertz CT molecular complexity index is 879. The van der Waals surface area contributed by atoms with E-state index in [1.54, 1.807) is 18.9 Å². The molecular weight excluding hydrogens is 412 g/mol. The van der Waals surface area contributed by atoms with Gasteiger partial charge in [-0.05, 0) is 55.5 Å². The van der Waals surface area contributed by atoms with Crippen LogP contribution >= 0.6 is 11.6 Å². The summed E-state index contributed by atoms with van der Waals surface area (Å²) in [6, 6.07) is 14.8. The van der Waals surface area contributed by atoms with Crippen LogP contribution in [0.25, 0.3) is 0 Å². The minimum atomic E-state index is -0.554. The lowest BCUT2D eigenvalue weighted by molar-refractivity contribution is -0.140. The van der Waals surface area contributed by atoms with E-state index in [0.29, 0.717) is 24.4 Å². The summed E-state index contributed by atoms with van der Waals surface area (Å²) in [5.74, 6) is 0.601. The van der Waals surface area contributed by atoms with Crippen LogP contribution in [0.5, 0.6) is 5.75 Å². The van der Waals surface area contributed by atoms with Crippen LogP contribution in [0.2, 0.25) is 5.02 Å². The number of nitrogens with one attached hydrogen (secondary N) is 1. The first-order valence-corrected chi connectivity index (χ1v) is 11.3. The van der Waals surface area contributed by atoms with E-state index in [1.807, 2.05) is 48.5 Å². The van der Waals surface area contributed by atoms with E-state index in [0.717, 1.165) is 42.6 Å². The van der Waals surface area contributed by atoms with E-state index in [-0.39, 0.29) is 17.9 Å².